The summed E-state index contributed by atoms with van der Waals surface area (Å²) in [5.74, 6) is 0.654. The van der Waals surface area contributed by atoms with Crippen LogP contribution in [0.2, 0.25) is 0 Å². The van der Waals surface area contributed by atoms with Gasteiger partial charge in [-0.05, 0) is 33.3 Å². The zero-order chi connectivity index (χ0) is 22.4. The van der Waals surface area contributed by atoms with Gasteiger partial charge in [0.1, 0.15) is 5.60 Å². The van der Waals surface area contributed by atoms with Crippen LogP contribution in [-0.4, -0.2) is 43.7 Å². The van der Waals surface area contributed by atoms with Crippen LogP contribution in [0.15, 0.2) is 47.7 Å². The fourth-order valence-electron chi connectivity index (χ4n) is 3.43. The maximum atomic E-state index is 10.8. The Hall–Kier alpha value is -2.40. The molecule has 0 saturated heterocycles. The minimum Gasteiger partial charge on any atom is -0.383 e. The Morgan fingerprint density at radius 2 is 1.91 bits per heavy atom. The minimum absolute atomic E-state index is 0. The van der Waals surface area contributed by atoms with E-state index in [1.165, 1.54) is 5.56 Å². The smallest absolute Gasteiger partial charge is 0.191 e. The molecule has 0 aliphatic carbocycles. The number of halogens is 1. The first-order chi connectivity index (χ1) is 14.8. The summed E-state index contributed by atoms with van der Waals surface area (Å²) in [7, 11) is 1.83. The summed E-state index contributed by atoms with van der Waals surface area (Å²) in [5.41, 5.74) is 4.13. The number of benzene rings is 1. The Kier molecular flexibility index (Phi) is 9.26. The molecule has 0 saturated carbocycles. The molecule has 0 radical (unpaired) electrons. The second-order valence-corrected chi connectivity index (χ2v) is 8.02. The topological polar surface area (TPSA) is 92.3 Å². The van der Waals surface area contributed by atoms with E-state index in [9.17, 15) is 5.11 Å². The summed E-state index contributed by atoms with van der Waals surface area (Å²) >= 11 is 0. The van der Waals surface area contributed by atoms with Gasteiger partial charge in [-0.3, -0.25) is 9.36 Å². The van der Waals surface area contributed by atoms with Crippen molar-refractivity contribution >= 4 is 29.9 Å². The van der Waals surface area contributed by atoms with Crippen molar-refractivity contribution < 1.29 is 5.11 Å². The molecule has 9 heteroatoms. The van der Waals surface area contributed by atoms with Crippen molar-refractivity contribution in [1.82, 2.24) is 30.2 Å². The van der Waals surface area contributed by atoms with Crippen molar-refractivity contribution in [2.45, 2.75) is 46.4 Å². The van der Waals surface area contributed by atoms with Crippen LogP contribution < -0.4 is 10.6 Å². The molecule has 0 spiro atoms. The van der Waals surface area contributed by atoms with Crippen LogP contribution in [-0.2, 0) is 25.7 Å². The number of hydrogen-bond donors (Lipinski definition) is 3. The maximum Gasteiger partial charge on any atom is 0.191 e. The van der Waals surface area contributed by atoms with Crippen molar-refractivity contribution in [3.8, 4) is 0 Å². The second-order valence-electron chi connectivity index (χ2n) is 8.02. The van der Waals surface area contributed by atoms with Crippen molar-refractivity contribution in [3.63, 3.8) is 0 Å². The van der Waals surface area contributed by atoms with Crippen molar-refractivity contribution in [2.24, 2.45) is 12.0 Å². The highest BCUT2D eigenvalue weighted by Gasteiger charge is 2.25. The largest absolute Gasteiger partial charge is 0.383 e. The van der Waals surface area contributed by atoms with Crippen LogP contribution in [0.4, 0.5) is 0 Å². The van der Waals surface area contributed by atoms with Gasteiger partial charge in [0.15, 0.2) is 5.96 Å². The highest BCUT2D eigenvalue weighted by molar-refractivity contribution is 14.0. The molecule has 1 atom stereocenters. The molecule has 0 bridgehead atoms. The standard InChI is InChI=1S/C23H33N7O.HI/c1-6-24-22(26-16-23(4,31)20-12-27-29(5)15-20)25-13-21-17(2)28-30(18(21)3)14-19-10-8-7-9-11-19;/h7-12,15,31H,6,13-14,16H2,1-5H3,(H2,24,25,26);1H. The van der Waals surface area contributed by atoms with Crippen molar-refractivity contribution in [3.05, 3.63) is 70.8 Å². The predicted octanol–water partition coefficient (Wildman–Crippen LogP) is 2.86. The van der Waals surface area contributed by atoms with E-state index in [-0.39, 0.29) is 24.0 Å². The minimum atomic E-state index is -1.06. The first kappa shape index (κ1) is 25.9. The van der Waals surface area contributed by atoms with E-state index in [1.807, 2.05) is 50.0 Å². The van der Waals surface area contributed by atoms with Gasteiger partial charge in [-0.15, -0.1) is 24.0 Å². The number of aromatic nitrogens is 4. The van der Waals surface area contributed by atoms with Crippen LogP contribution >= 0.6 is 24.0 Å². The first-order valence-electron chi connectivity index (χ1n) is 10.6. The lowest BCUT2D eigenvalue weighted by Crippen LogP contribution is -2.44. The number of rotatable bonds is 8. The highest BCUT2D eigenvalue weighted by atomic mass is 127. The van der Waals surface area contributed by atoms with Gasteiger partial charge in [-0.2, -0.15) is 10.2 Å². The third kappa shape index (κ3) is 6.55. The Bertz CT molecular complexity index is 1020. The average Bonchev–Trinajstić information content (AvgIpc) is 3.29. The fourth-order valence-corrected chi connectivity index (χ4v) is 3.43. The molecule has 174 valence electrons. The lowest BCUT2D eigenvalue weighted by molar-refractivity contribution is 0.0616. The molecule has 2 aromatic heterocycles. The van der Waals surface area contributed by atoms with Gasteiger partial charge >= 0.3 is 0 Å². The Balaban J connectivity index is 0.00000363. The molecule has 3 aromatic rings. The van der Waals surface area contributed by atoms with Crippen molar-refractivity contribution in [2.75, 3.05) is 13.1 Å². The average molecular weight is 551 g/mol. The number of aryl methyl sites for hydroxylation is 2. The lowest BCUT2D eigenvalue weighted by atomic mass is 10.00. The van der Waals surface area contributed by atoms with Gasteiger partial charge in [0.2, 0.25) is 0 Å². The first-order valence-corrected chi connectivity index (χ1v) is 10.6. The molecule has 1 unspecified atom stereocenters. The summed E-state index contributed by atoms with van der Waals surface area (Å²) < 4.78 is 3.71. The van der Waals surface area contributed by atoms with E-state index < -0.39 is 5.60 Å². The summed E-state index contributed by atoms with van der Waals surface area (Å²) in [6, 6.07) is 10.3. The Morgan fingerprint density at radius 1 is 1.19 bits per heavy atom. The van der Waals surface area contributed by atoms with Gasteiger partial charge in [0, 0.05) is 36.6 Å². The van der Waals surface area contributed by atoms with E-state index >= 15 is 0 Å². The van der Waals surface area contributed by atoms with Crippen LogP contribution in [0.3, 0.4) is 0 Å². The van der Waals surface area contributed by atoms with Crippen LogP contribution in [0.5, 0.6) is 0 Å². The SMILES string of the molecule is CCNC(=NCc1c(C)nn(Cc2ccccc2)c1C)NCC(C)(O)c1cnn(C)c1.I. The summed E-state index contributed by atoms with van der Waals surface area (Å²) in [6.07, 6.45) is 3.50. The molecule has 0 fully saturated rings. The van der Waals surface area contributed by atoms with E-state index in [0.29, 0.717) is 19.0 Å². The number of hydrogen-bond acceptors (Lipinski definition) is 4. The number of aliphatic imine (C=N–C) groups is 1. The molecule has 0 aliphatic heterocycles. The molecule has 0 aliphatic rings. The number of guanidine groups is 1. The van der Waals surface area contributed by atoms with Gasteiger partial charge in [0.25, 0.3) is 0 Å². The maximum absolute atomic E-state index is 10.8. The summed E-state index contributed by atoms with van der Waals surface area (Å²) in [5, 5.41) is 26.2. The third-order valence-corrected chi connectivity index (χ3v) is 5.37. The van der Waals surface area contributed by atoms with Gasteiger partial charge in [-0.1, -0.05) is 30.3 Å². The second kappa shape index (κ2) is 11.5. The molecular formula is C23H34IN7O. The molecule has 3 rings (SSSR count). The lowest BCUT2D eigenvalue weighted by Gasteiger charge is -2.23. The molecule has 2 heterocycles. The van der Waals surface area contributed by atoms with Crippen LogP contribution in [0.1, 0.15) is 41.9 Å². The van der Waals surface area contributed by atoms with Gasteiger partial charge in [-0.25, -0.2) is 4.99 Å². The van der Waals surface area contributed by atoms with Crippen LogP contribution in [0, 0.1) is 13.8 Å². The monoisotopic (exact) mass is 551 g/mol. The predicted molar refractivity (Wildman–Crippen MR) is 138 cm³/mol. The summed E-state index contributed by atoms with van der Waals surface area (Å²) in [4.78, 5) is 4.74. The van der Waals surface area contributed by atoms with E-state index in [0.717, 1.165) is 35.6 Å². The zero-order valence-corrected chi connectivity index (χ0v) is 21.8. The van der Waals surface area contributed by atoms with E-state index in [4.69, 9.17) is 10.1 Å². The molecular weight excluding hydrogens is 517 g/mol. The molecule has 1 aromatic carbocycles. The quantitative estimate of drug-likeness (QED) is 0.228. The van der Waals surface area contributed by atoms with Gasteiger partial charge in [0.05, 0.1) is 31.5 Å². The number of nitrogens with zero attached hydrogens (tertiary/aromatic N) is 5. The Labute approximate surface area is 207 Å². The zero-order valence-electron chi connectivity index (χ0n) is 19.5. The van der Waals surface area contributed by atoms with E-state index in [2.05, 4.69) is 34.8 Å². The third-order valence-electron chi connectivity index (χ3n) is 5.37. The molecule has 3 N–H and O–H groups in total. The molecule has 8 nitrogen and oxygen atoms in total. The number of nitrogens with one attached hydrogen (secondary N) is 2. The Morgan fingerprint density at radius 3 is 2.53 bits per heavy atom. The highest BCUT2D eigenvalue weighted by Crippen LogP contribution is 2.19. The van der Waals surface area contributed by atoms with Crippen LogP contribution in [0.25, 0.3) is 0 Å². The van der Waals surface area contributed by atoms with Gasteiger partial charge < -0.3 is 15.7 Å². The molecule has 0 amide bonds. The van der Waals surface area contributed by atoms with E-state index in [1.54, 1.807) is 17.8 Å². The normalized spacial score (nSPS) is 13.4. The molecule has 32 heavy (non-hydrogen) atoms. The van der Waals surface area contributed by atoms with Crippen molar-refractivity contribution in [1.29, 1.82) is 0 Å². The number of aliphatic hydroxyl groups is 1. The summed E-state index contributed by atoms with van der Waals surface area (Å²) in [6.45, 7) is 10.2. The fraction of sp³-hybridized carbons (Fsp3) is 0.435.